The fourth-order valence-corrected chi connectivity index (χ4v) is 4.90. The summed E-state index contributed by atoms with van der Waals surface area (Å²) in [6.07, 6.45) is 4.99. The maximum absolute atomic E-state index is 13.2. The Bertz CT molecular complexity index is 1450. The van der Waals surface area contributed by atoms with E-state index in [2.05, 4.69) is 31.2 Å². The van der Waals surface area contributed by atoms with Gasteiger partial charge in [0.2, 0.25) is 17.7 Å². The van der Waals surface area contributed by atoms with Crippen LogP contribution in [0.1, 0.15) is 42.7 Å². The second-order valence-electron chi connectivity index (χ2n) is 10.4. The number of amides is 4. The lowest BCUT2D eigenvalue weighted by Gasteiger charge is -2.20. The molecule has 0 bridgehead atoms. The maximum atomic E-state index is 13.2. The molecule has 1 aromatic heterocycles. The van der Waals surface area contributed by atoms with Crippen LogP contribution in [-0.2, 0) is 20.8 Å². The number of fused-ring (bicyclic) bond motifs is 1. The van der Waals surface area contributed by atoms with Gasteiger partial charge < -0.3 is 21.3 Å². The average Bonchev–Trinajstić information content (AvgIpc) is 3.21. The van der Waals surface area contributed by atoms with Crippen LogP contribution in [0, 0.1) is 17.2 Å². The van der Waals surface area contributed by atoms with Gasteiger partial charge in [0.15, 0.2) is 0 Å². The van der Waals surface area contributed by atoms with Crippen LogP contribution in [0.3, 0.4) is 0 Å². The largest absolute Gasteiger partial charge is 0.351 e. The van der Waals surface area contributed by atoms with E-state index >= 15 is 0 Å². The molecule has 206 valence electrons. The molecule has 11 heteroatoms. The van der Waals surface area contributed by atoms with Gasteiger partial charge in [-0.15, -0.1) is 0 Å². The Balaban J connectivity index is 1.42. The first kappa shape index (κ1) is 28.2. The highest BCUT2D eigenvalue weighted by atomic mass is 16.2. The molecule has 1 saturated heterocycles. The van der Waals surface area contributed by atoms with E-state index in [9.17, 15) is 24.4 Å². The number of hydrogen-bond donors (Lipinski definition) is 4. The van der Waals surface area contributed by atoms with Crippen molar-refractivity contribution in [3.63, 3.8) is 0 Å². The Morgan fingerprint density at radius 1 is 1.12 bits per heavy atom. The van der Waals surface area contributed by atoms with E-state index < -0.39 is 42.3 Å². The van der Waals surface area contributed by atoms with Crippen molar-refractivity contribution in [1.82, 2.24) is 31.2 Å². The fraction of sp³-hybridized carbons (Fsp3) is 0.345. The lowest BCUT2D eigenvalue weighted by molar-refractivity contribution is -0.127. The molecule has 3 atom stereocenters. The van der Waals surface area contributed by atoms with Crippen molar-refractivity contribution >= 4 is 34.4 Å². The number of hydrogen-bond acceptors (Lipinski definition) is 7. The van der Waals surface area contributed by atoms with Crippen molar-refractivity contribution < 1.29 is 19.2 Å². The van der Waals surface area contributed by atoms with Crippen molar-refractivity contribution in [3.05, 3.63) is 72.3 Å². The van der Waals surface area contributed by atoms with Crippen LogP contribution in [0.4, 0.5) is 0 Å². The van der Waals surface area contributed by atoms with E-state index in [1.807, 2.05) is 62.4 Å². The SMILES string of the molecule is CC1(C)C[C@@H](C[C@@H](C#N)NC(=O)CNC(=O)[C@H](Cc2cccc3ccccc23)NC(=O)c2cnccn2)C(=O)N1. The third-order valence-electron chi connectivity index (χ3n) is 6.75. The Kier molecular flexibility index (Phi) is 8.69. The average molecular weight is 542 g/mol. The number of rotatable bonds is 10. The topological polar surface area (TPSA) is 166 Å². The minimum atomic E-state index is -1.02. The summed E-state index contributed by atoms with van der Waals surface area (Å²) in [7, 11) is 0. The predicted molar refractivity (Wildman–Crippen MR) is 146 cm³/mol. The molecule has 2 aromatic carbocycles. The molecule has 1 aliphatic rings. The molecule has 40 heavy (non-hydrogen) atoms. The van der Waals surface area contributed by atoms with Gasteiger partial charge in [-0.1, -0.05) is 42.5 Å². The van der Waals surface area contributed by atoms with Gasteiger partial charge in [-0.2, -0.15) is 5.26 Å². The van der Waals surface area contributed by atoms with Gasteiger partial charge in [-0.25, -0.2) is 4.98 Å². The lowest BCUT2D eigenvalue weighted by Crippen LogP contribution is -2.51. The molecular formula is C29H31N7O4. The normalized spacial score (nSPS) is 17.2. The number of aromatic nitrogens is 2. The number of nitrogens with one attached hydrogen (secondary N) is 4. The smallest absolute Gasteiger partial charge is 0.272 e. The van der Waals surface area contributed by atoms with Gasteiger partial charge in [-0.05, 0) is 43.0 Å². The minimum Gasteiger partial charge on any atom is -0.351 e. The van der Waals surface area contributed by atoms with Crippen LogP contribution in [0.5, 0.6) is 0 Å². The summed E-state index contributed by atoms with van der Waals surface area (Å²) in [6.45, 7) is 3.39. The molecule has 2 heterocycles. The molecule has 4 N–H and O–H groups in total. The number of carbonyl (C=O) groups is 4. The predicted octanol–water partition coefficient (Wildman–Crippen LogP) is 1.40. The van der Waals surface area contributed by atoms with Gasteiger partial charge in [0.25, 0.3) is 5.91 Å². The summed E-state index contributed by atoms with van der Waals surface area (Å²) in [5, 5.41) is 22.2. The maximum Gasteiger partial charge on any atom is 0.272 e. The molecule has 0 radical (unpaired) electrons. The van der Waals surface area contributed by atoms with Crippen molar-refractivity contribution in [2.45, 2.75) is 50.7 Å². The second-order valence-corrected chi connectivity index (χ2v) is 10.4. The molecule has 4 amide bonds. The van der Waals surface area contributed by atoms with Crippen LogP contribution in [0.2, 0.25) is 0 Å². The van der Waals surface area contributed by atoms with Gasteiger partial charge >= 0.3 is 0 Å². The molecule has 1 aliphatic heterocycles. The highest BCUT2D eigenvalue weighted by molar-refractivity contribution is 5.97. The summed E-state index contributed by atoms with van der Waals surface area (Å²) >= 11 is 0. The highest BCUT2D eigenvalue weighted by Gasteiger charge is 2.38. The van der Waals surface area contributed by atoms with Crippen molar-refractivity contribution in [2.24, 2.45) is 5.92 Å². The molecule has 4 rings (SSSR count). The second kappa shape index (κ2) is 12.3. The minimum absolute atomic E-state index is 0.0481. The zero-order valence-corrected chi connectivity index (χ0v) is 22.3. The van der Waals surface area contributed by atoms with Crippen molar-refractivity contribution in [3.8, 4) is 6.07 Å². The number of nitriles is 1. The lowest BCUT2D eigenvalue weighted by atomic mass is 9.92. The summed E-state index contributed by atoms with van der Waals surface area (Å²) in [4.78, 5) is 58.8. The van der Waals surface area contributed by atoms with Crippen LogP contribution in [0.25, 0.3) is 10.8 Å². The van der Waals surface area contributed by atoms with Gasteiger partial charge in [0.05, 0.1) is 18.8 Å². The molecular weight excluding hydrogens is 510 g/mol. The quantitative estimate of drug-likeness (QED) is 0.301. The first-order valence-electron chi connectivity index (χ1n) is 13.0. The Labute approximate surface area is 231 Å². The third-order valence-corrected chi connectivity index (χ3v) is 6.75. The van der Waals surface area contributed by atoms with Gasteiger partial charge in [-0.3, -0.25) is 24.2 Å². The Morgan fingerprint density at radius 2 is 1.90 bits per heavy atom. The summed E-state index contributed by atoms with van der Waals surface area (Å²) in [6, 6.07) is 13.5. The molecule has 3 aromatic rings. The number of nitrogens with zero attached hydrogens (tertiary/aromatic N) is 3. The monoisotopic (exact) mass is 541 g/mol. The Hall–Kier alpha value is -4.85. The van der Waals surface area contributed by atoms with E-state index in [0.29, 0.717) is 6.42 Å². The standard InChI is InChI=1S/C29H31N7O4/c1-29(2)14-20(26(38)36-29)12-21(15-30)34-25(37)17-33-27(39)23(35-28(40)24-16-31-10-11-32-24)13-19-8-5-7-18-6-3-4-9-22(18)19/h3-11,16,20-21,23H,12-14,17H2,1-2H3,(H,33,39)(H,34,37)(H,35,40)(H,36,38)/t20-,21+,23+/m1/s1. The summed E-state index contributed by atoms with van der Waals surface area (Å²) in [5.74, 6) is -2.29. The van der Waals surface area contributed by atoms with E-state index in [1.54, 1.807) is 0 Å². The Morgan fingerprint density at radius 3 is 2.60 bits per heavy atom. The molecule has 11 nitrogen and oxygen atoms in total. The van der Waals surface area contributed by atoms with Gasteiger partial charge in [0, 0.05) is 30.3 Å². The summed E-state index contributed by atoms with van der Waals surface area (Å²) in [5.41, 5.74) is 0.519. The fourth-order valence-electron chi connectivity index (χ4n) is 4.90. The van der Waals surface area contributed by atoms with Crippen molar-refractivity contribution in [1.29, 1.82) is 5.26 Å². The third kappa shape index (κ3) is 7.17. The van der Waals surface area contributed by atoms with Crippen LogP contribution in [-0.4, -0.2) is 57.8 Å². The zero-order chi connectivity index (χ0) is 28.7. The first-order chi connectivity index (χ1) is 19.1. The van der Waals surface area contributed by atoms with E-state index in [1.165, 1.54) is 18.6 Å². The highest BCUT2D eigenvalue weighted by Crippen LogP contribution is 2.27. The number of benzene rings is 2. The first-order valence-corrected chi connectivity index (χ1v) is 13.0. The molecule has 1 fully saturated rings. The van der Waals surface area contributed by atoms with Crippen LogP contribution in [0.15, 0.2) is 61.1 Å². The summed E-state index contributed by atoms with van der Waals surface area (Å²) < 4.78 is 0. The molecule has 0 unspecified atom stereocenters. The molecule has 0 spiro atoms. The number of carbonyl (C=O) groups excluding carboxylic acids is 4. The zero-order valence-electron chi connectivity index (χ0n) is 22.3. The van der Waals surface area contributed by atoms with E-state index in [4.69, 9.17) is 0 Å². The van der Waals surface area contributed by atoms with Crippen LogP contribution >= 0.6 is 0 Å². The molecule has 0 saturated carbocycles. The van der Waals surface area contributed by atoms with Crippen molar-refractivity contribution in [2.75, 3.05) is 6.54 Å². The molecule has 0 aliphatic carbocycles. The van der Waals surface area contributed by atoms with Crippen LogP contribution < -0.4 is 21.3 Å². The van der Waals surface area contributed by atoms with Gasteiger partial charge in [0.1, 0.15) is 17.8 Å². The van der Waals surface area contributed by atoms with E-state index in [0.717, 1.165) is 16.3 Å². The van der Waals surface area contributed by atoms with E-state index in [-0.39, 0.29) is 30.0 Å².